The van der Waals surface area contributed by atoms with Crippen molar-refractivity contribution in [3.63, 3.8) is 0 Å². The van der Waals surface area contributed by atoms with Gasteiger partial charge < -0.3 is 22.1 Å². The van der Waals surface area contributed by atoms with Crippen LogP contribution in [0.4, 0.5) is 0 Å². The number of hydrogen-bond donors (Lipinski definition) is 4. The summed E-state index contributed by atoms with van der Waals surface area (Å²) in [6, 6.07) is 9.76. The fraction of sp³-hybridized carbons (Fsp3) is 0.421. The van der Waals surface area contributed by atoms with Crippen LogP contribution in [0.5, 0.6) is 0 Å². The van der Waals surface area contributed by atoms with E-state index in [1.807, 2.05) is 37.3 Å². The molecule has 1 amide bonds. The van der Waals surface area contributed by atoms with Gasteiger partial charge in [0.15, 0.2) is 0 Å². The Kier molecular flexibility index (Phi) is 8.83. The molecular weight excluding hydrogens is 300 g/mol. The third-order valence-corrected chi connectivity index (χ3v) is 4.01. The summed E-state index contributed by atoms with van der Waals surface area (Å²) in [5.74, 6) is 0.0895. The Morgan fingerprint density at radius 2 is 1.88 bits per heavy atom. The summed E-state index contributed by atoms with van der Waals surface area (Å²) in [6.07, 6.45) is 1.53. The molecule has 1 aromatic carbocycles. The van der Waals surface area contributed by atoms with Crippen molar-refractivity contribution in [1.82, 2.24) is 10.6 Å². The molecule has 0 saturated heterocycles. The van der Waals surface area contributed by atoms with Gasteiger partial charge in [0.1, 0.15) is 0 Å². The zero-order chi connectivity index (χ0) is 17.9. The third kappa shape index (κ3) is 6.98. The molecule has 0 saturated carbocycles. The van der Waals surface area contributed by atoms with Crippen LogP contribution in [0, 0.1) is 5.92 Å². The normalized spacial score (nSPS) is 13.0. The van der Waals surface area contributed by atoms with Crippen molar-refractivity contribution in [3.05, 3.63) is 60.3 Å². The highest BCUT2D eigenvalue weighted by Gasteiger charge is 2.17. The number of carbonyl (C=O) groups excluding carboxylic acids is 1. The maximum Gasteiger partial charge on any atom is 0.234 e. The van der Waals surface area contributed by atoms with Crippen LogP contribution in [-0.4, -0.2) is 31.6 Å². The van der Waals surface area contributed by atoms with Gasteiger partial charge in [0, 0.05) is 12.2 Å². The summed E-state index contributed by atoms with van der Waals surface area (Å²) in [4.78, 5) is 11.7. The molecule has 5 heteroatoms. The second-order valence-electron chi connectivity index (χ2n) is 6.04. The van der Waals surface area contributed by atoms with E-state index in [2.05, 4.69) is 23.8 Å². The van der Waals surface area contributed by atoms with Gasteiger partial charge >= 0.3 is 0 Å². The lowest BCUT2D eigenvalue weighted by Gasteiger charge is -2.25. The van der Waals surface area contributed by atoms with Crippen molar-refractivity contribution in [1.29, 1.82) is 0 Å². The summed E-state index contributed by atoms with van der Waals surface area (Å²) in [7, 11) is 0. The molecule has 0 aliphatic heterocycles. The van der Waals surface area contributed by atoms with E-state index in [9.17, 15) is 4.79 Å². The maximum atomic E-state index is 11.7. The van der Waals surface area contributed by atoms with Crippen molar-refractivity contribution in [3.8, 4) is 0 Å². The number of rotatable bonds is 11. The highest BCUT2D eigenvalue weighted by atomic mass is 16.1. The van der Waals surface area contributed by atoms with Gasteiger partial charge in [-0.15, -0.1) is 0 Å². The summed E-state index contributed by atoms with van der Waals surface area (Å²) < 4.78 is 0. The molecule has 132 valence electrons. The topological polar surface area (TPSA) is 93.2 Å². The van der Waals surface area contributed by atoms with Crippen molar-refractivity contribution >= 4 is 5.91 Å². The fourth-order valence-electron chi connectivity index (χ4n) is 2.47. The van der Waals surface area contributed by atoms with Gasteiger partial charge in [-0.1, -0.05) is 49.1 Å². The lowest BCUT2D eigenvalue weighted by molar-refractivity contribution is -0.120. The first-order valence-corrected chi connectivity index (χ1v) is 8.29. The van der Waals surface area contributed by atoms with Gasteiger partial charge in [0.25, 0.3) is 0 Å². The first-order valence-electron chi connectivity index (χ1n) is 8.29. The number of nitrogens with two attached hydrogens (primary N) is 2. The average Bonchev–Trinajstić information content (AvgIpc) is 2.58. The third-order valence-electron chi connectivity index (χ3n) is 4.01. The summed E-state index contributed by atoms with van der Waals surface area (Å²) in [6.45, 7) is 11.4. The second kappa shape index (κ2) is 10.6. The molecule has 5 nitrogen and oxygen atoms in total. The van der Waals surface area contributed by atoms with Crippen LogP contribution in [0.2, 0.25) is 0 Å². The molecular formula is C19H30N4O. The molecule has 0 heterocycles. The highest BCUT2D eigenvalue weighted by Crippen LogP contribution is 2.13. The largest absolute Gasteiger partial charge is 0.387 e. The quantitative estimate of drug-likeness (QED) is 0.460. The molecule has 0 aliphatic carbocycles. The molecule has 1 rings (SSSR count). The van der Waals surface area contributed by atoms with Crippen LogP contribution in [0.25, 0.3) is 0 Å². The zero-order valence-corrected chi connectivity index (χ0v) is 14.6. The fourth-order valence-corrected chi connectivity index (χ4v) is 2.47. The van der Waals surface area contributed by atoms with Crippen molar-refractivity contribution in [2.75, 3.05) is 19.6 Å². The monoisotopic (exact) mass is 330 g/mol. The molecule has 0 aliphatic rings. The molecule has 2 atom stereocenters. The molecule has 0 fully saturated rings. The van der Waals surface area contributed by atoms with Crippen LogP contribution >= 0.6 is 0 Å². The van der Waals surface area contributed by atoms with Gasteiger partial charge in [-0.2, -0.15) is 0 Å². The Hall–Kier alpha value is -2.11. The number of nitrogens with one attached hydrogen (secondary N) is 2. The Morgan fingerprint density at radius 1 is 1.21 bits per heavy atom. The summed E-state index contributed by atoms with van der Waals surface area (Å²) in [5, 5.41) is 6.26. The number of amides is 1. The van der Waals surface area contributed by atoms with E-state index in [1.54, 1.807) is 0 Å². The van der Waals surface area contributed by atoms with Crippen molar-refractivity contribution < 1.29 is 4.79 Å². The molecule has 0 spiro atoms. The Bertz CT molecular complexity index is 542. The molecule has 1 aromatic rings. The molecule has 2 unspecified atom stereocenters. The first kappa shape index (κ1) is 19.9. The van der Waals surface area contributed by atoms with Crippen molar-refractivity contribution in [2.24, 2.45) is 17.4 Å². The SMILES string of the molecule is C=C(C)C(CCN)CNC(=C)C(Cc1ccccc1)NC(=O)CN. The van der Waals surface area contributed by atoms with E-state index >= 15 is 0 Å². The number of benzene rings is 1. The Labute approximate surface area is 145 Å². The Balaban J connectivity index is 2.72. The molecule has 0 bridgehead atoms. The van der Waals surface area contributed by atoms with E-state index < -0.39 is 0 Å². The van der Waals surface area contributed by atoms with Gasteiger partial charge in [-0.3, -0.25) is 4.79 Å². The lowest BCUT2D eigenvalue weighted by Crippen LogP contribution is -2.44. The zero-order valence-electron chi connectivity index (χ0n) is 14.6. The molecule has 0 radical (unpaired) electrons. The van der Waals surface area contributed by atoms with Crippen LogP contribution in [0.1, 0.15) is 18.9 Å². The summed E-state index contributed by atoms with van der Waals surface area (Å²) >= 11 is 0. The average molecular weight is 330 g/mol. The minimum atomic E-state index is -0.216. The predicted molar refractivity (Wildman–Crippen MR) is 100 cm³/mol. The van der Waals surface area contributed by atoms with E-state index in [-0.39, 0.29) is 24.4 Å². The van der Waals surface area contributed by atoms with Crippen LogP contribution in [0.15, 0.2) is 54.8 Å². The van der Waals surface area contributed by atoms with Crippen LogP contribution in [-0.2, 0) is 11.2 Å². The molecule has 24 heavy (non-hydrogen) atoms. The second-order valence-corrected chi connectivity index (χ2v) is 6.04. The number of hydrogen-bond acceptors (Lipinski definition) is 4. The molecule has 0 aromatic heterocycles. The van der Waals surface area contributed by atoms with Crippen LogP contribution in [0.3, 0.4) is 0 Å². The van der Waals surface area contributed by atoms with Crippen molar-refractivity contribution in [2.45, 2.75) is 25.8 Å². The minimum absolute atomic E-state index is 0.0415. The van der Waals surface area contributed by atoms with Crippen LogP contribution < -0.4 is 22.1 Å². The standard InChI is InChI=1S/C19H30N4O/c1-14(2)17(9-10-20)13-22-15(3)18(23-19(24)12-21)11-16-7-5-4-6-8-16/h4-8,17-18,22H,1,3,9-13,20-21H2,2H3,(H,23,24). The van der Waals surface area contributed by atoms with Gasteiger partial charge in [0.2, 0.25) is 5.91 Å². The van der Waals surface area contributed by atoms with E-state index in [0.717, 1.165) is 23.3 Å². The lowest BCUT2D eigenvalue weighted by atomic mass is 9.97. The maximum absolute atomic E-state index is 11.7. The van der Waals surface area contributed by atoms with Gasteiger partial charge in [-0.25, -0.2) is 0 Å². The Morgan fingerprint density at radius 3 is 2.42 bits per heavy atom. The van der Waals surface area contributed by atoms with Gasteiger partial charge in [-0.05, 0) is 37.8 Å². The first-order chi connectivity index (χ1) is 11.5. The van der Waals surface area contributed by atoms with E-state index in [0.29, 0.717) is 19.5 Å². The predicted octanol–water partition coefficient (Wildman–Crippen LogP) is 1.32. The smallest absolute Gasteiger partial charge is 0.234 e. The molecule has 6 N–H and O–H groups in total. The summed E-state index contributed by atoms with van der Waals surface area (Å²) in [5.41, 5.74) is 14.1. The van der Waals surface area contributed by atoms with E-state index in [1.165, 1.54) is 0 Å². The number of carbonyl (C=O) groups is 1. The highest BCUT2D eigenvalue weighted by molar-refractivity contribution is 5.78. The van der Waals surface area contributed by atoms with Gasteiger partial charge in [0.05, 0.1) is 12.6 Å². The van der Waals surface area contributed by atoms with E-state index in [4.69, 9.17) is 11.5 Å². The minimum Gasteiger partial charge on any atom is -0.387 e.